The van der Waals surface area contributed by atoms with Gasteiger partial charge in [0, 0.05) is 11.1 Å². The first-order valence-electron chi connectivity index (χ1n) is 8.37. The molecule has 0 spiro atoms. The van der Waals surface area contributed by atoms with E-state index >= 15 is 0 Å². The van der Waals surface area contributed by atoms with Crippen LogP contribution in [0, 0.1) is 0 Å². The predicted molar refractivity (Wildman–Crippen MR) is 99.9 cm³/mol. The molecule has 1 N–H and O–H groups in total. The molecule has 26 heavy (non-hydrogen) atoms. The molecule has 2 rings (SSSR count). The van der Waals surface area contributed by atoms with Gasteiger partial charge in [0.1, 0.15) is 11.5 Å². The van der Waals surface area contributed by atoms with E-state index in [4.69, 9.17) is 14.6 Å². The van der Waals surface area contributed by atoms with Crippen molar-refractivity contribution in [1.29, 1.82) is 0 Å². The summed E-state index contributed by atoms with van der Waals surface area (Å²) in [6, 6.07) is 12.3. The Balaban J connectivity index is 2.11. The quantitative estimate of drug-likeness (QED) is 0.544. The van der Waals surface area contributed by atoms with Gasteiger partial charge >= 0.3 is 5.97 Å². The van der Waals surface area contributed by atoms with Crippen molar-refractivity contribution in [1.82, 2.24) is 0 Å². The lowest BCUT2D eigenvalue weighted by Crippen LogP contribution is -2.04. The largest absolute Gasteiger partial charge is 0.496 e. The van der Waals surface area contributed by atoms with Crippen LogP contribution in [0.3, 0.4) is 0 Å². The van der Waals surface area contributed by atoms with Crippen molar-refractivity contribution in [3.63, 3.8) is 0 Å². The van der Waals surface area contributed by atoms with Crippen molar-refractivity contribution < 1.29 is 24.2 Å². The zero-order chi connectivity index (χ0) is 18.9. The molecule has 0 unspecified atom stereocenters. The smallest absolute Gasteiger partial charge is 0.307 e. The Bertz CT molecular complexity index is 791. The molecular weight excluding hydrogens is 332 g/mol. The molecule has 0 amide bonds. The number of carbonyl (C=O) groups excluding carboxylic acids is 1. The minimum absolute atomic E-state index is 0.201. The third kappa shape index (κ3) is 5.48. The fourth-order valence-corrected chi connectivity index (χ4v) is 2.40. The molecule has 0 saturated carbocycles. The first-order valence-corrected chi connectivity index (χ1v) is 8.37. The van der Waals surface area contributed by atoms with Crippen LogP contribution in [0.1, 0.15) is 34.8 Å². The van der Waals surface area contributed by atoms with Gasteiger partial charge in [0.25, 0.3) is 0 Å². The molecule has 0 aliphatic rings. The van der Waals surface area contributed by atoms with E-state index in [0.717, 1.165) is 17.7 Å². The number of carboxylic acid groups (broad SMARTS) is 1. The number of ketones is 1. The fraction of sp³-hybridized carbons (Fsp3) is 0.238. The lowest BCUT2D eigenvalue weighted by Gasteiger charge is -2.08. The highest BCUT2D eigenvalue weighted by molar-refractivity contribution is 6.07. The number of rotatable bonds is 9. The maximum absolute atomic E-state index is 12.4. The normalized spacial score (nSPS) is 10.7. The summed E-state index contributed by atoms with van der Waals surface area (Å²) in [7, 11) is 1.47. The van der Waals surface area contributed by atoms with Crippen LogP contribution in [0.5, 0.6) is 11.5 Å². The molecule has 0 aliphatic heterocycles. The van der Waals surface area contributed by atoms with E-state index in [9.17, 15) is 9.59 Å². The molecule has 0 heterocycles. The lowest BCUT2D eigenvalue weighted by molar-refractivity contribution is -0.136. The molecule has 0 saturated heterocycles. The molecule has 0 bridgehead atoms. The van der Waals surface area contributed by atoms with Crippen LogP contribution in [0.2, 0.25) is 0 Å². The van der Waals surface area contributed by atoms with E-state index in [1.807, 2.05) is 31.2 Å². The number of hydrogen-bond donors (Lipinski definition) is 1. The minimum Gasteiger partial charge on any atom is -0.496 e. The minimum atomic E-state index is -0.978. The van der Waals surface area contributed by atoms with Gasteiger partial charge in [0.2, 0.25) is 0 Å². The Morgan fingerprint density at radius 2 is 1.85 bits per heavy atom. The number of carbonyl (C=O) groups is 2. The van der Waals surface area contributed by atoms with Gasteiger partial charge in [0.05, 0.1) is 20.1 Å². The molecule has 2 aromatic carbocycles. The first-order chi connectivity index (χ1) is 12.5. The van der Waals surface area contributed by atoms with Crippen molar-refractivity contribution in [2.75, 3.05) is 13.7 Å². The van der Waals surface area contributed by atoms with Gasteiger partial charge in [-0.3, -0.25) is 9.59 Å². The van der Waals surface area contributed by atoms with Gasteiger partial charge in [-0.15, -0.1) is 0 Å². The molecule has 136 valence electrons. The van der Waals surface area contributed by atoms with Gasteiger partial charge in [-0.2, -0.15) is 0 Å². The summed E-state index contributed by atoms with van der Waals surface area (Å²) >= 11 is 0. The number of hydrogen-bond acceptors (Lipinski definition) is 4. The van der Waals surface area contributed by atoms with Gasteiger partial charge in [-0.1, -0.05) is 25.1 Å². The molecule has 2 aromatic rings. The lowest BCUT2D eigenvalue weighted by atomic mass is 10.0. The third-order valence-corrected chi connectivity index (χ3v) is 3.69. The van der Waals surface area contributed by atoms with Gasteiger partial charge in [-0.25, -0.2) is 0 Å². The topological polar surface area (TPSA) is 72.8 Å². The molecule has 0 radical (unpaired) electrons. The SMILES string of the molecule is CCCOc1ccc(/C=C/C(=O)c2ccc(OC)c(CC(=O)O)c2)cc1. The number of ether oxygens (including phenoxy) is 2. The Labute approximate surface area is 152 Å². The van der Waals surface area contributed by atoms with E-state index < -0.39 is 5.97 Å². The molecule has 5 heteroatoms. The average Bonchev–Trinajstić information content (AvgIpc) is 2.64. The molecular formula is C21H22O5. The van der Waals surface area contributed by atoms with Crippen molar-refractivity contribution >= 4 is 17.8 Å². The van der Waals surface area contributed by atoms with Crippen LogP contribution in [0.25, 0.3) is 6.08 Å². The Kier molecular flexibility index (Phi) is 6.97. The van der Waals surface area contributed by atoms with Crippen molar-refractivity contribution in [3.05, 3.63) is 65.2 Å². The summed E-state index contributed by atoms with van der Waals surface area (Å²) in [6.07, 6.45) is 3.93. The molecule has 0 aliphatic carbocycles. The van der Waals surface area contributed by atoms with E-state index in [0.29, 0.717) is 23.5 Å². The van der Waals surface area contributed by atoms with Crippen molar-refractivity contribution in [2.45, 2.75) is 19.8 Å². The van der Waals surface area contributed by atoms with Crippen LogP contribution in [-0.4, -0.2) is 30.6 Å². The fourth-order valence-electron chi connectivity index (χ4n) is 2.40. The molecule has 5 nitrogen and oxygen atoms in total. The van der Waals surface area contributed by atoms with Gasteiger partial charge in [-0.05, 0) is 48.4 Å². The second kappa shape index (κ2) is 9.42. The highest BCUT2D eigenvalue weighted by Crippen LogP contribution is 2.21. The van der Waals surface area contributed by atoms with E-state index in [1.54, 1.807) is 24.3 Å². The van der Waals surface area contributed by atoms with Gasteiger partial charge in [0.15, 0.2) is 5.78 Å². The summed E-state index contributed by atoms with van der Waals surface area (Å²) in [5, 5.41) is 8.98. The molecule has 0 aromatic heterocycles. The standard InChI is InChI=1S/C21H22O5/c1-3-12-26-18-8-4-15(5-9-18)6-10-19(22)16-7-11-20(25-2)17(13-16)14-21(23)24/h4-11,13H,3,12,14H2,1-2H3,(H,23,24)/b10-6+. The average molecular weight is 354 g/mol. The number of allylic oxidation sites excluding steroid dienone is 1. The summed E-state index contributed by atoms with van der Waals surface area (Å²) in [5.41, 5.74) is 1.76. The second-order valence-corrected chi connectivity index (χ2v) is 5.71. The van der Waals surface area contributed by atoms with E-state index in [1.165, 1.54) is 13.2 Å². The first kappa shape index (κ1) is 19.2. The Morgan fingerprint density at radius 3 is 2.46 bits per heavy atom. The van der Waals surface area contributed by atoms with E-state index in [2.05, 4.69) is 0 Å². The molecule has 0 atom stereocenters. The molecule has 0 fully saturated rings. The number of aliphatic carboxylic acids is 1. The second-order valence-electron chi connectivity index (χ2n) is 5.71. The summed E-state index contributed by atoms with van der Waals surface area (Å²) in [4.78, 5) is 23.3. The zero-order valence-corrected chi connectivity index (χ0v) is 14.9. The summed E-state index contributed by atoms with van der Waals surface area (Å²) in [5.74, 6) is 0.0683. The van der Waals surface area contributed by atoms with Crippen LogP contribution in [0.15, 0.2) is 48.5 Å². The van der Waals surface area contributed by atoms with Crippen LogP contribution < -0.4 is 9.47 Å². The van der Waals surface area contributed by atoms with Crippen LogP contribution in [0.4, 0.5) is 0 Å². The van der Waals surface area contributed by atoms with Gasteiger partial charge < -0.3 is 14.6 Å². The Hall–Kier alpha value is -3.08. The maximum Gasteiger partial charge on any atom is 0.307 e. The zero-order valence-electron chi connectivity index (χ0n) is 14.9. The van der Waals surface area contributed by atoms with E-state index in [-0.39, 0.29) is 12.2 Å². The van der Waals surface area contributed by atoms with Crippen LogP contribution in [-0.2, 0) is 11.2 Å². The van der Waals surface area contributed by atoms with Crippen molar-refractivity contribution in [2.24, 2.45) is 0 Å². The number of methoxy groups -OCH3 is 1. The summed E-state index contributed by atoms with van der Waals surface area (Å²) < 4.78 is 10.7. The highest BCUT2D eigenvalue weighted by atomic mass is 16.5. The van der Waals surface area contributed by atoms with Crippen LogP contribution >= 0.6 is 0 Å². The predicted octanol–water partition coefficient (Wildman–Crippen LogP) is 4.01. The monoisotopic (exact) mass is 354 g/mol. The highest BCUT2D eigenvalue weighted by Gasteiger charge is 2.11. The summed E-state index contributed by atoms with van der Waals surface area (Å²) in [6.45, 7) is 2.72. The van der Waals surface area contributed by atoms with Crippen molar-refractivity contribution in [3.8, 4) is 11.5 Å². The maximum atomic E-state index is 12.4. The Morgan fingerprint density at radius 1 is 1.12 bits per heavy atom. The number of carboxylic acids is 1. The number of benzene rings is 2. The third-order valence-electron chi connectivity index (χ3n) is 3.69.